The van der Waals surface area contributed by atoms with Gasteiger partial charge in [-0.15, -0.1) is 24.8 Å². The maximum Gasteiger partial charge on any atom is 0.225 e. The van der Waals surface area contributed by atoms with Gasteiger partial charge in [0, 0.05) is 36.9 Å². The quantitative estimate of drug-likeness (QED) is 0.838. The highest BCUT2D eigenvalue weighted by molar-refractivity contribution is 5.91. The second-order valence-corrected chi connectivity index (χ2v) is 6.50. The Morgan fingerprint density at radius 1 is 1.12 bits per heavy atom. The van der Waals surface area contributed by atoms with Crippen molar-refractivity contribution in [3.05, 3.63) is 24.3 Å². The van der Waals surface area contributed by atoms with Crippen LogP contribution in [0.4, 0.5) is 11.4 Å². The zero-order valence-electron chi connectivity index (χ0n) is 14.1. The van der Waals surface area contributed by atoms with E-state index in [4.69, 9.17) is 0 Å². The molecule has 1 aromatic carbocycles. The fraction of sp³-hybridized carbons (Fsp3) is 0.611. The van der Waals surface area contributed by atoms with Gasteiger partial charge in [-0.05, 0) is 50.4 Å². The van der Waals surface area contributed by atoms with Crippen LogP contribution in [-0.2, 0) is 4.79 Å². The van der Waals surface area contributed by atoms with Gasteiger partial charge in [0.1, 0.15) is 0 Å². The Bertz CT molecular complexity index is 499. The summed E-state index contributed by atoms with van der Waals surface area (Å²) in [6, 6.07) is 8.66. The number of benzene rings is 1. The van der Waals surface area contributed by atoms with Crippen LogP contribution in [0.25, 0.3) is 0 Å². The van der Waals surface area contributed by atoms with Gasteiger partial charge in [-0.2, -0.15) is 0 Å². The summed E-state index contributed by atoms with van der Waals surface area (Å²) >= 11 is 0. The fourth-order valence-corrected chi connectivity index (χ4v) is 3.48. The summed E-state index contributed by atoms with van der Waals surface area (Å²) in [4.78, 5) is 14.6. The topological polar surface area (TPSA) is 44.4 Å². The van der Waals surface area contributed by atoms with Gasteiger partial charge in [0.25, 0.3) is 0 Å². The Morgan fingerprint density at radius 2 is 1.88 bits per heavy atom. The average Bonchev–Trinajstić information content (AvgIpc) is 2.87. The number of halogens is 2. The molecule has 0 aromatic heterocycles. The number of carbonyl (C=O) groups excluding carboxylic acids is 1. The lowest BCUT2D eigenvalue weighted by Gasteiger charge is -2.23. The van der Waals surface area contributed by atoms with E-state index in [1.807, 2.05) is 12.1 Å². The first-order chi connectivity index (χ1) is 10.8. The van der Waals surface area contributed by atoms with Crippen molar-refractivity contribution in [3.63, 3.8) is 0 Å². The van der Waals surface area contributed by atoms with Crippen LogP contribution < -0.4 is 15.5 Å². The van der Waals surface area contributed by atoms with Crippen molar-refractivity contribution in [1.29, 1.82) is 0 Å². The van der Waals surface area contributed by atoms with Crippen LogP contribution in [0.2, 0.25) is 0 Å². The van der Waals surface area contributed by atoms with Crippen LogP contribution in [0.1, 0.15) is 44.9 Å². The molecule has 4 nitrogen and oxygen atoms in total. The Morgan fingerprint density at radius 3 is 2.54 bits per heavy atom. The highest BCUT2D eigenvalue weighted by Gasteiger charge is 2.18. The zero-order chi connectivity index (χ0) is 15.2. The molecule has 2 saturated heterocycles. The lowest BCUT2D eigenvalue weighted by atomic mass is 10.1. The van der Waals surface area contributed by atoms with Crippen LogP contribution in [0.3, 0.4) is 0 Å². The Hall–Kier alpha value is -0.970. The maximum atomic E-state index is 12.1. The van der Waals surface area contributed by atoms with Gasteiger partial charge in [-0.1, -0.05) is 18.9 Å². The second-order valence-electron chi connectivity index (χ2n) is 6.50. The fourth-order valence-electron chi connectivity index (χ4n) is 3.48. The monoisotopic (exact) mass is 373 g/mol. The van der Waals surface area contributed by atoms with Crippen molar-refractivity contribution in [1.82, 2.24) is 5.32 Å². The summed E-state index contributed by atoms with van der Waals surface area (Å²) in [7, 11) is 0. The molecular weight excluding hydrogens is 345 g/mol. The molecule has 2 aliphatic heterocycles. The van der Waals surface area contributed by atoms with Crippen molar-refractivity contribution in [2.45, 2.75) is 51.0 Å². The van der Waals surface area contributed by atoms with Crippen LogP contribution in [0.5, 0.6) is 0 Å². The van der Waals surface area contributed by atoms with Crippen molar-refractivity contribution in [2.75, 3.05) is 29.9 Å². The number of anilines is 2. The molecule has 0 spiro atoms. The smallest absolute Gasteiger partial charge is 0.225 e. The minimum atomic E-state index is 0. The summed E-state index contributed by atoms with van der Waals surface area (Å²) in [6.45, 7) is 3.30. The highest BCUT2D eigenvalue weighted by Crippen LogP contribution is 2.23. The standard InChI is InChI=1S/C18H27N3O.2ClH/c22-18(14-15-8-6-10-19-15)20-16-7-5-9-17(13-16)21-11-3-1-2-4-12-21;;/h5,7,9,13,15,19H,1-4,6,8,10-12,14H2,(H,20,22);2*1H. The maximum absolute atomic E-state index is 12.1. The van der Waals surface area contributed by atoms with Gasteiger partial charge >= 0.3 is 0 Å². The van der Waals surface area contributed by atoms with Gasteiger partial charge in [0.15, 0.2) is 0 Å². The van der Waals surface area contributed by atoms with Crippen LogP contribution in [0.15, 0.2) is 24.3 Å². The van der Waals surface area contributed by atoms with Crippen LogP contribution in [-0.4, -0.2) is 31.6 Å². The van der Waals surface area contributed by atoms with Crippen molar-refractivity contribution in [2.24, 2.45) is 0 Å². The summed E-state index contributed by atoms with van der Waals surface area (Å²) in [5, 5.41) is 6.43. The van der Waals surface area contributed by atoms with E-state index in [1.54, 1.807) is 0 Å². The number of hydrogen-bond donors (Lipinski definition) is 2. The summed E-state index contributed by atoms with van der Waals surface area (Å²) in [5.74, 6) is 0.118. The molecule has 2 aliphatic rings. The molecule has 24 heavy (non-hydrogen) atoms. The lowest BCUT2D eigenvalue weighted by Crippen LogP contribution is -2.27. The lowest BCUT2D eigenvalue weighted by molar-refractivity contribution is -0.116. The third-order valence-electron chi connectivity index (χ3n) is 4.70. The molecule has 0 aliphatic carbocycles. The van der Waals surface area contributed by atoms with Crippen molar-refractivity contribution in [3.8, 4) is 0 Å². The minimum absolute atomic E-state index is 0. The molecule has 1 amide bonds. The molecule has 1 unspecified atom stereocenters. The first-order valence-electron chi connectivity index (χ1n) is 8.69. The molecule has 1 atom stereocenters. The summed E-state index contributed by atoms with van der Waals surface area (Å²) in [5.41, 5.74) is 2.16. The minimum Gasteiger partial charge on any atom is -0.371 e. The molecule has 2 fully saturated rings. The third kappa shape index (κ3) is 6.15. The van der Waals surface area contributed by atoms with E-state index in [1.165, 1.54) is 37.8 Å². The number of rotatable bonds is 4. The summed E-state index contributed by atoms with van der Waals surface area (Å²) < 4.78 is 0. The number of hydrogen-bond acceptors (Lipinski definition) is 3. The first-order valence-corrected chi connectivity index (χ1v) is 8.69. The zero-order valence-corrected chi connectivity index (χ0v) is 15.8. The van der Waals surface area contributed by atoms with Crippen LogP contribution in [0, 0.1) is 0 Å². The predicted octanol–water partition coefficient (Wildman–Crippen LogP) is 3.99. The SMILES string of the molecule is Cl.Cl.O=C(CC1CCCN1)Nc1cccc(N2CCCCCC2)c1. The van der Waals surface area contributed by atoms with E-state index < -0.39 is 0 Å². The first kappa shape index (κ1) is 21.1. The molecular formula is C18H29Cl2N3O. The van der Waals surface area contributed by atoms with E-state index in [2.05, 4.69) is 27.7 Å². The number of nitrogens with zero attached hydrogens (tertiary/aromatic N) is 1. The van der Waals surface area contributed by atoms with Gasteiger partial charge in [-0.3, -0.25) is 4.79 Å². The van der Waals surface area contributed by atoms with Crippen LogP contribution >= 0.6 is 24.8 Å². The van der Waals surface area contributed by atoms with Gasteiger partial charge in [0.2, 0.25) is 5.91 Å². The molecule has 1 aromatic rings. The number of amides is 1. The second kappa shape index (κ2) is 10.8. The average molecular weight is 374 g/mol. The molecule has 6 heteroatoms. The summed E-state index contributed by atoms with van der Waals surface area (Å²) in [6.07, 6.45) is 8.08. The number of carbonyl (C=O) groups is 1. The molecule has 136 valence electrons. The molecule has 2 N–H and O–H groups in total. The van der Waals surface area contributed by atoms with Gasteiger partial charge in [-0.25, -0.2) is 0 Å². The van der Waals surface area contributed by atoms with Gasteiger partial charge < -0.3 is 15.5 Å². The largest absolute Gasteiger partial charge is 0.371 e. The normalized spacial score (nSPS) is 20.5. The highest BCUT2D eigenvalue weighted by atomic mass is 35.5. The Labute approximate surface area is 157 Å². The molecule has 2 heterocycles. The molecule has 0 saturated carbocycles. The predicted molar refractivity (Wildman–Crippen MR) is 106 cm³/mol. The van der Waals surface area contributed by atoms with E-state index in [9.17, 15) is 4.79 Å². The molecule has 0 bridgehead atoms. The van der Waals surface area contributed by atoms with E-state index in [-0.39, 0.29) is 30.7 Å². The van der Waals surface area contributed by atoms with Crippen molar-refractivity contribution >= 4 is 42.1 Å². The third-order valence-corrected chi connectivity index (χ3v) is 4.70. The molecule has 0 radical (unpaired) electrons. The van der Waals surface area contributed by atoms with E-state index in [0.717, 1.165) is 31.7 Å². The number of nitrogens with one attached hydrogen (secondary N) is 2. The van der Waals surface area contributed by atoms with Gasteiger partial charge in [0.05, 0.1) is 0 Å². The Balaban J connectivity index is 0.00000144. The van der Waals surface area contributed by atoms with E-state index in [0.29, 0.717) is 12.5 Å². The van der Waals surface area contributed by atoms with Crippen molar-refractivity contribution < 1.29 is 4.79 Å². The van der Waals surface area contributed by atoms with E-state index >= 15 is 0 Å². The molecule has 3 rings (SSSR count). The Kier molecular flexibility index (Phi) is 9.49.